The van der Waals surface area contributed by atoms with Gasteiger partial charge in [0.05, 0.1) is 0 Å². The van der Waals surface area contributed by atoms with Gasteiger partial charge in [-0.1, -0.05) is 0 Å². The quantitative estimate of drug-likeness (QED) is 0.358. The van der Waals surface area contributed by atoms with Crippen molar-refractivity contribution < 1.29 is 23.9 Å². The van der Waals surface area contributed by atoms with Crippen molar-refractivity contribution >= 4 is 17.8 Å². The Balaban J connectivity index is 5.08. The van der Waals surface area contributed by atoms with E-state index in [2.05, 4.69) is 0 Å². The third-order valence-electron chi connectivity index (χ3n) is 1.55. The molecule has 0 aromatic carbocycles. The van der Waals surface area contributed by atoms with Crippen LogP contribution in [0.3, 0.4) is 0 Å². The average molecular weight is 271 g/mol. The zero-order valence-corrected chi connectivity index (χ0v) is 12.2. The summed E-state index contributed by atoms with van der Waals surface area (Å²) in [5.74, 6) is -2.82. The van der Waals surface area contributed by atoms with Crippen LogP contribution >= 0.6 is 0 Å². The lowest BCUT2D eigenvalue weighted by molar-refractivity contribution is -0.153. The minimum atomic E-state index is -1.04. The molecule has 1 amide bonds. The van der Waals surface area contributed by atoms with E-state index >= 15 is 0 Å². The van der Waals surface area contributed by atoms with Gasteiger partial charge in [0.15, 0.2) is 0 Å². The fourth-order valence-electron chi connectivity index (χ4n) is 1.01. The SMILES string of the molecule is CC(C)(C)OC(=O)/C=C(\C(N)=O)C(=O)OC(C)(C)C. The van der Waals surface area contributed by atoms with E-state index < -0.39 is 34.6 Å². The number of esters is 2. The van der Waals surface area contributed by atoms with Crippen LogP contribution in [0.4, 0.5) is 0 Å². The first-order valence-electron chi connectivity index (χ1n) is 5.79. The largest absolute Gasteiger partial charge is 0.457 e. The van der Waals surface area contributed by atoms with Crippen LogP contribution in [0.1, 0.15) is 41.5 Å². The van der Waals surface area contributed by atoms with Crippen LogP contribution < -0.4 is 5.73 Å². The second-order valence-corrected chi connectivity index (χ2v) is 5.96. The predicted molar refractivity (Wildman–Crippen MR) is 69.0 cm³/mol. The first kappa shape index (κ1) is 17.2. The number of carbonyl (C=O) groups excluding carboxylic acids is 3. The molecule has 0 unspecified atom stereocenters. The highest BCUT2D eigenvalue weighted by Gasteiger charge is 2.25. The third-order valence-corrected chi connectivity index (χ3v) is 1.55. The highest BCUT2D eigenvalue weighted by molar-refractivity contribution is 6.18. The highest BCUT2D eigenvalue weighted by atomic mass is 16.6. The molecule has 0 saturated carbocycles. The Kier molecular flexibility index (Phi) is 5.29. The number of carbonyl (C=O) groups is 3. The molecular formula is C13H21NO5. The maximum absolute atomic E-state index is 11.7. The summed E-state index contributed by atoms with van der Waals surface area (Å²) in [6, 6.07) is 0. The van der Waals surface area contributed by atoms with Crippen LogP contribution in [0.5, 0.6) is 0 Å². The summed E-state index contributed by atoms with van der Waals surface area (Å²) in [5.41, 5.74) is 2.99. The topological polar surface area (TPSA) is 95.7 Å². The zero-order chi connectivity index (χ0) is 15.4. The fraction of sp³-hybridized carbons (Fsp3) is 0.615. The van der Waals surface area contributed by atoms with Crippen molar-refractivity contribution in [1.29, 1.82) is 0 Å². The van der Waals surface area contributed by atoms with Crippen LogP contribution in [0.25, 0.3) is 0 Å². The Bertz CT molecular complexity index is 410. The second-order valence-electron chi connectivity index (χ2n) is 5.96. The number of hydrogen-bond acceptors (Lipinski definition) is 5. The molecule has 0 spiro atoms. The molecule has 108 valence electrons. The minimum Gasteiger partial charge on any atom is -0.457 e. The molecule has 0 radical (unpaired) electrons. The van der Waals surface area contributed by atoms with E-state index in [0.29, 0.717) is 0 Å². The summed E-state index contributed by atoms with van der Waals surface area (Å²) < 4.78 is 9.94. The number of amides is 1. The van der Waals surface area contributed by atoms with Crippen LogP contribution in [-0.2, 0) is 23.9 Å². The van der Waals surface area contributed by atoms with Crippen molar-refractivity contribution in [2.45, 2.75) is 52.7 Å². The third kappa shape index (κ3) is 7.96. The van der Waals surface area contributed by atoms with Gasteiger partial charge >= 0.3 is 11.9 Å². The van der Waals surface area contributed by atoms with Gasteiger partial charge in [-0.3, -0.25) is 4.79 Å². The molecule has 0 aliphatic rings. The summed E-state index contributed by atoms with van der Waals surface area (Å²) >= 11 is 0. The highest BCUT2D eigenvalue weighted by Crippen LogP contribution is 2.12. The van der Waals surface area contributed by atoms with Crippen molar-refractivity contribution in [2.24, 2.45) is 5.73 Å². The van der Waals surface area contributed by atoms with Gasteiger partial charge in [-0.2, -0.15) is 0 Å². The molecule has 0 aliphatic heterocycles. The van der Waals surface area contributed by atoms with Gasteiger partial charge in [0.25, 0.3) is 5.91 Å². The Morgan fingerprint density at radius 2 is 1.32 bits per heavy atom. The average Bonchev–Trinajstić information content (AvgIpc) is 2.07. The molecule has 0 rings (SSSR count). The molecule has 2 N–H and O–H groups in total. The molecule has 0 fully saturated rings. The molecule has 0 atom stereocenters. The molecule has 0 bridgehead atoms. The van der Waals surface area contributed by atoms with Crippen molar-refractivity contribution in [3.05, 3.63) is 11.6 Å². The van der Waals surface area contributed by atoms with E-state index in [9.17, 15) is 14.4 Å². The van der Waals surface area contributed by atoms with Gasteiger partial charge in [0.1, 0.15) is 16.8 Å². The van der Waals surface area contributed by atoms with E-state index in [1.54, 1.807) is 41.5 Å². The van der Waals surface area contributed by atoms with E-state index in [1.807, 2.05) is 0 Å². The van der Waals surface area contributed by atoms with Gasteiger partial charge in [0.2, 0.25) is 0 Å². The van der Waals surface area contributed by atoms with Crippen LogP contribution in [-0.4, -0.2) is 29.0 Å². The Morgan fingerprint density at radius 3 is 1.63 bits per heavy atom. The molecule has 0 saturated heterocycles. The predicted octanol–water partition coefficient (Wildman–Crippen LogP) is 1.08. The number of ether oxygens (including phenoxy) is 2. The first-order chi connectivity index (χ1) is 8.32. The molecule has 0 aromatic rings. The van der Waals surface area contributed by atoms with Gasteiger partial charge in [-0.05, 0) is 41.5 Å². The monoisotopic (exact) mass is 271 g/mol. The molecule has 0 aliphatic carbocycles. The van der Waals surface area contributed by atoms with E-state index in [0.717, 1.165) is 6.08 Å². The Labute approximate surface area is 112 Å². The van der Waals surface area contributed by atoms with Crippen molar-refractivity contribution in [3.8, 4) is 0 Å². The van der Waals surface area contributed by atoms with Gasteiger partial charge in [-0.15, -0.1) is 0 Å². The number of primary amides is 1. The molecule has 19 heavy (non-hydrogen) atoms. The smallest absolute Gasteiger partial charge is 0.344 e. The standard InChI is InChI=1S/C13H21NO5/c1-12(2,3)18-9(15)7-8(10(14)16)11(17)19-13(4,5)6/h7H,1-6H3,(H2,14,16)/b8-7+. The lowest BCUT2D eigenvalue weighted by Gasteiger charge is -2.20. The van der Waals surface area contributed by atoms with Gasteiger partial charge < -0.3 is 15.2 Å². The van der Waals surface area contributed by atoms with Crippen molar-refractivity contribution in [1.82, 2.24) is 0 Å². The zero-order valence-electron chi connectivity index (χ0n) is 12.2. The van der Waals surface area contributed by atoms with Crippen LogP contribution in [0.15, 0.2) is 11.6 Å². The molecular weight excluding hydrogens is 250 g/mol. The van der Waals surface area contributed by atoms with Crippen molar-refractivity contribution in [2.75, 3.05) is 0 Å². The van der Waals surface area contributed by atoms with Crippen LogP contribution in [0.2, 0.25) is 0 Å². The molecule has 0 aromatic heterocycles. The lowest BCUT2D eigenvalue weighted by atomic mass is 10.1. The van der Waals surface area contributed by atoms with E-state index in [4.69, 9.17) is 15.2 Å². The molecule has 0 heterocycles. The lowest BCUT2D eigenvalue weighted by Crippen LogP contribution is -2.31. The number of nitrogens with two attached hydrogens (primary N) is 1. The summed E-state index contributed by atoms with van der Waals surface area (Å²) in [7, 11) is 0. The van der Waals surface area contributed by atoms with Gasteiger partial charge in [0, 0.05) is 6.08 Å². The Hall–Kier alpha value is -1.85. The minimum absolute atomic E-state index is 0.538. The summed E-state index contributed by atoms with van der Waals surface area (Å²) in [5, 5.41) is 0. The maximum Gasteiger partial charge on any atom is 0.344 e. The summed E-state index contributed by atoms with van der Waals surface area (Å²) in [4.78, 5) is 34.4. The fourth-order valence-corrected chi connectivity index (χ4v) is 1.01. The number of rotatable bonds is 3. The summed E-state index contributed by atoms with van der Waals surface area (Å²) in [6.07, 6.45) is 0.752. The molecule has 6 nitrogen and oxygen atoms in total. The Morgan fingerprint density at radius 1 is 0.895 bits per heavy atom. The van der Waals surface area contributed by atoms with E-state index in [1.165, 1.54) is 0 Å². The first-order valence-corrected chi connectivity index (χ1v) is 5.79. The van der Waals surface area contributed by atoms with E-state index in [-0.39, 0.29) is 0 Å². The molecule has 6 heteroatoms. The van der Waals surface area contributed by atoms with Gasteiger partial charge in [-0.25, -0.2) is 9.59 Å². The maximum atomic E-state index is 11.7. The van der Waals surface area contributed by atoms with Crippen LogP contribution in [0, 0.1) is 0 Å². The normalized spacial score (nSPS) is 12.8. The number of hydrogen-bond donors (Lipinski definition) is 1. The van der Waals surface area contributed by atoms with Crippen molar-refractivity contribution in [3.63, 3.8) is 0 Å². The summed E-state index contributed by atoms with van der Waals surface area (Å²) in [6.45, 7) is 9.90. The second kappa shape index (κ2) is 5.86.